The summed E-state index contributed by atoms with van der Waals surface area (Å²) in [5, 5.41) is 3.40. The molecule has 1 heteroatoms. The molecule has 2 aromatic rings. The predicted octanol–water partition coefficient (Wildman–Crippen LogP) is 4.08. The predicted molar refractivity (Wildman–Crippen MR) is 76.5 cm³/mol. The van der Waals surface area contributed by atoms with Gasteiger partial charge in [-0.3, -0.25) is 0 Å². The third kappa shape index (κ3) is 2.06. The second-order valence-corrected chi connectivity index (χ2v) is 5.37. The van der Waals surface area contributed by atoms with Crippen LogP contribution in [0.2, 0.25) is 0 Å². The molecular formula is C17H19N. The molecular weight excluding hydrogens is 218 g/mol. The average Bonchev–Trinajstić information content (AvgIpc) is 2.86. The molecule has 92 valence electrons. The number of benzene rings is 2. The number of nitrogens with one attached hydrogen (secondary N) is 1. The van der Waals surface area contributed by atoms with Crippen molar-refractivity contribution in [2.75, 3.05) is 0 Å². The molecule has 0 saturated heterocycles. The Hall–Kier alpha value is -1.60. The molecule has 1 aliphatic rings. The Morgan fingerprint density at radius 3 is 2.50 bits per heavy atom. The van der Waals surface area contributed by atoms with Crippen molar-refractivity contribution in [1.29, 1.82) is 0 Å². The Bertz CT molecular complexity index is 570. The van der Waals surface area contributed by atoms with Crippen molar-refractivity contribution in [1.82, 2.24) is 5.32 Å². The van der Waals surface area contributed by atoms with Crippen LogP contribution < -0.4 is 5.32 Å². The summed E-state index contributed by atoms with van der Waals surface area (Å²) in [5.41, 5.74) is 6.96. The standard InChI is InChI=1S/C17H19N/c1-12(2)13-4-3-5-14(8-13)15-6-7-16-10-18-11-17(16)9-15/h3-9,12,18H,10-11H2,1-2H3. The van der Waals surface area contributed by atoms with Gasteiger partial charge in [-0.2, -0.15) is 0 Å². The van der Waals surface area contributed by atoms with E-state index in [4.69, 9.17) is 0 Å². The summed E-state index contributed by atoms with van der Waals surface area (Å²) in [4.78, 5) is 0. The molecule has 0 amide bonds. The minimum absolute atomic E-state index is 0.584. The highest BCUT2D eigenvalue weighted by Gasteiger charge is 2.11. The first-order chi connectivity index (χ1) is 8.74. The van der Waals surface area contributed by atoms with Gasteiger partial charge in [0.05, 0.1) is 0 Å². The lowest BCUT2D eigenvalue weighted by atomic mass is 9.96. The van der Waals surface area contributed by atoms with E-state index in [9.17, 15) is 0 Å². The minimum Gasteiger partial charge on any atom is -0.309 e. The van der Waals surface area contributed by atoms with E-state index >= 15 is 0 Å². The molecule has 1 heterocycles. The summed E-state index contributed by atoms with van der Waals surface area (Å²) in [7, 11) is 0. The van der Waals surface area contributed by atoms with E-state index < -0.39 is 0 Å². The van der Waals surface area contributed by atoms with Crippen LogP contribution in [0, 0.1) is 0 Å². The van der Waals surface area contributed by atoms with Gasteiger partial charge in [0.25, 0.3) is 0 Å². The molecule has 0 bridgehead atoms. The third-order valence-corrected chi connectivity index (χ3v) is 3.72. The molecule has 0 radical (unpaired) electrons. The van der Waals surface area contributed by atoms with Crippen molar-refractivity contribution >= 4 is 0 Å². The van der Waals surface area contributed by atoms with E-state index in [0.29, 0.717) is 5.92 Å². The zero-order chi connectivity index (χ0) is 12.5. The van der Waals surface area contributed by atoms with Gasteiger partial charge in [-0.25, -0.2) is 0 Å². The smallest absolute Gasteiger partial charge is 0.0212 e. The Balaban J connectivity index is 2.02. The van der Waals surface area contributed by atoms with E-state index in [0.717, 1.165) is 13.1 Å². The van der Waals surface area contributed by atoms with Crippen molar-refractivity contribution in [3.05, 3.63) is 59.2 Å². The Labute approximate surface area is 109 Å². The van der Waals surface area contributed by atoms with Gasteiger partial charge in [-0.15, -0.1) is 0 Å². The molecule has 2 aromatic carbocycles. The SMILES string of the molecule is CC(C)c1cccc(-c2ccc3c(c2)CNC3)c1. The largest absolute Gasteiger partial charge is 0.309 e. The van der Waals surface area contributed by atoms with Crippen LogP contribution in [0.4, 0.5) is 0 Å². The number of fused-ring (bicyclic) bond motifs is 1. The van der Waals surface area contributed by atoms with E-state index in [1.165, 1.54) is 27.8 Å². The highest BCUT2D eigenvalue weighted by molar-refractivity contribution is 5.66. The number of rotatable bonds is 2. The van der Waals surface area contributed by atoms with Crippen LogP contribution in [-0.4, -0.2) is 0 Å². The Kier molecular flexibility index (Phi) is 2.92. The first kappa shape index (κ1) is 11.5. The fourth-order valence-corrected chi connectivity index (χ4v) is 2.55. The number of hydrogen-bond donors (Lipinski definition) is 1. The first-order valence-corrected chi connectivity index (χ1v) is 6.67. The molecule has 0 aliphatic carbocycles. The third-order valence-electron chi connectivity index (χ3n) is 3.72. The Morgan fingerprint density at radius 1 is 0.889 bits per heavy atom. The van der Waals surface area contributed by atoms with Crippen molar-refractivity contribution in [3.8, 4) is 11.1 Å². The lowest BCUT2D eigenvalue weighted by Crippen LogP contribution is -1.99. The van der Waals surface area contributed by atoms with Gasteiger partial charge < -0.3 is 5.32 Å². The van der Waals surface area contributed by atoms with Gasteiger partial charge in [0.2, 0.25) is 0 Å². The fourth-order valence-electron chi connectivity index (χ4n) is 2.55. The second kappa shape index (κ2) is 4.58. The lowest BCUT2D eigenvalue weighted by Gasteiger charge is -2.09. The van der Waals surface area contributed by atoms with Gasteiger partial charge in [-0.05, 0) is 39.8 Å². The quantitative estimate of drug-likeness (QED) is 0.830. The molecule has 0 spiro atoms. The molecule has 3 rings (SSSR count). The van der Waals surface area contributed by atoms with Crippen LogP contribution in [0.5, 0.6) is 0 Å². The molecule has 0 unspecified atom stereocenters. The van der Waals surface area contributed by atoms with Crippen molar-refractivity contribution in [2.45, 2.75) is 32.9 Å². The maximum absolute atomic E-state index is 3.40. The van der Waals surface area contributed by atoms with Crippen molar-refractivity contribution in [2.24, 2.45) is 0 Å². The van der Waals surface area contributed by atoms with Crippen molar-refractivity contribution < 1.29 is 0 Å². The van der Waals surface area contributed by atoms with Gasteiger partial charge in [0.15, 0.2) is 0 Å². The molecule has 1 nitrogen and oxygen atoms in total. The zero-order valence-corrected chi connectivity index (χ0v) is 11.0. The van der Waals surface area contributed by atoms with Crippen molar-refractivity contribution in [3.63, 3.8) is 0 Å². The summed E-state index contributed by atoms with van der Waals surface area (Å²) in [6, 6.07) is 15.7. The van der Waals surface area contributed by atoms with Crippen LogP contribution in [-0.2, 0) is 13.1 Å². The summed E-state index contributed by atoms with van der Waals surface area (Å²) < 4.78 is 0. The summed E-state index contributed by atoms with van der Waals surface area (Å²) in [5.74, 6) is 0.584. The van der Waals surface area contributed by atoms with Crippen LogP contribution >= 0.6 is 0 Å². The number of hydrogen-bond acceptors (Lipinski definition) is 1. The minimum atomic E-state index is 0.584. The first-order valence-electron chi connectivity index (χ1n) is 6.67. The molecule has 0 saturated carbocycles. The molecule has 0 atom stereocenters. The van der Waals surface area contributed by atoms with Gasteiger partial charge in [0.1, 0.15) is 0 Å². The fraction of sp³-hybridized carbons (Fsp3) is 0.294. The van der Waals surface area contributed by atoms with Crippen LogP contribution in [0.25, 0.3) is 11.1 Å². The monoisotopic (exact) mass is 237 g/mol. The topological polar surface area (TPSA) is 12.0 Å². The normalized spacial score (nSPS) is 13.9. The summed E-state index contributed by atoms with van der Waals surface area (Å²) in [6.45, 7) is 6.51. The summed E-state index contributed by atoms with van der Waals surface area (Å²) in [6.07, 6.45) is 0. The second-order valence-electron chi connectivity index (χ2n) is 5.37. The van der Waals surface area contributed by atoms with Crippen LogP contribution in [0.15, 0.2) is 42.5 Å². The van der Waals surface area contributed by atoms with Crippen LogP contribution in [0.1, 0.15) is 36.5 Å². The van der Waals surface area contributed by atoms with Crippen LogP contribution in [0.3, 0.4) is 0 Å². The Morgan fingerprint density at radius 2 is 1.67 bits per heavy atom. The maximum atomic E-state index is 3.40. The van der Waals surface area contributed by atoms with E-state index in [1.54, 1.807) is 0 Å². The zero-order valence-electron chi connectivity index (χ0n) is 11.0. The van der Waals surface area contributed by atoms with Gasteiger partial charge >= 0.3 is 0 Å². The highest BCUT2D eigenvalue weighted by atomic mass is 14.9. The molecule has 1 N–H and O–H groups in total. The molecule has 18 heavy (non-hydrogen) atoms. The van der Waals surface area contributed by atoms with E-state index in [-0.39, 0.29) is 0 Å². The van der Waals surface area contributed by atoms with Gasteiger partial charge in [-0.1, -0.05) is 50.2 Å². The van der Waals surface area contributed by atoms with E-state index in [1.807, 2.05) is 0 Å². The maximum Gasteiger partial charge on any atom is 0.0212 e. The summed E-state index contributed by atoms with van der Waals surface area (Å²) >= 11 is 0. The van der Waals surface area contributed by atoms with Gasteiger partial charge in [0, 0.05) is 13.1 Å². The van der Waals surface area contributed by atoms with E-state index in [2.05, 4.69) is 61.6 Å². The molecule has 1 aliphatic heterocycles. The molecule has 0 fully saturated rings. The average molecular weight is 237 g/mol. The molecule has 0 aromatic heterocycles. The highest BCUT2D eigenvalue weighted by Crippen LogP contribution is 2.27. The lowest BCUT2D eigenvalue weighted by molar-refractivity contribution is 0.765.